The van der Waals surface area contributed by atoms with Crippen LogP contribution in [0, 0.1) is 5.92 Å². The lowest BCUT2D eigenvalue weighted by Crippen LogP contribution is -2.44. The molecule has 0 aliphatic carbocycles. The highest BCUT2D eigenvalue weighted by Gasteiger charge is 2.23. The molecule has 6 nitrogen and oxygen atoms in total. The third-order valence-corrected chi connectivity index (χ3v) is 4.56. The van der Waals surface area contributed by atoms with Gasteiger partial charge in [-0.25, -0.2) is 13.1 Å². The summed E-state index contributed by atoms with van der Waals surface area (Å²) in [6, 6.07) is 0.913. The van der Waals surface area contributed by atoms with Crippen LogP contribution in [-0.4, -0.2) is 45.0 Å². The first-order valence-corrected chi connectivity index (χ1v) is 8.05. The molecule has 1 aromatic heterocycles. The SMILES string of the molecule is CC(C)C(CN(C)C)NS(=O)(=O)c1c[nH]c(=O)c(Cl)c1. The van der Waals surface area contributed by atoms with Crippen molar-refractivity contribution in [2.24, 2.45) is 5.92 Å². The van der Waals surface area contributed by atoms with Crippen LogP contribution in [0.4, 0.5) is 0 Å². The van der Waals surface area contributed by atoms with Crippen LogP contribution in [0.25, 0.3) is 0 Å². The molecule has 0 fully saturated rings. The summed E-state index contributed by atoms with van der Waals surface area (Å²) in [5.41, 5.74) is -0.515. The summed E-state index contributed by atoms with van der Waals surface area (Å²) in [5.74, 6) is 0.130. The molecule has 0 bridgehead atoms. The van der Waals surface area contributed by atoms with Crippen molar-refractivity contribution in [3.05, 3.63) is 27.6 Å². The number of nitrogens with one attached hydrogen (secondary N) is 2. The maximum atomic E-state index is 12.3. The van der Waals surface area contributed by atoms with Crippen molar-refractivity contribution in [3.8, 4) is 0 Å². The molecule has 1 heterocycles. The number of halogens is 1. The second kappa shape index (κ2) is 6.71. The average molecular weight is 322 g/mol. The molecule has 114 valence electrons. The Morgan fingerprint density at radius 1 is 1.40 bits per heavy atom. The standard InChI is InChI=1S/C12H20ClN3O3S/c1-8(2)11(7-16(3)4)15-20(18,19)9-5-10(13)12(17)14-6-9/h5-6,8,11,15H,7H2,1-4H3,(H,14,17). The molecule has 20 heavy (non-hydrogen) atoms. The van der Waals surface area contributed by atoms with E-state index in [4.69, 9.17) is 11.6 Å². The van der Waals surface area contributed by atoms with E-state index in [1.807, 2.05) is 32.8 Å². The summed E-state index contributed by atoms with van der Waals surface area (Å²) in [5, 5.41) is -0.151. The number of rotatable bonds is 6. The molecule has 0 saturated carbocycles. The lowest BCUT2D eigenvalue weighted by Gasteiger charge is -2.25. The Kier molecular flexibility index (Phi) is 5.76. The maximum Gasteiger partial charge on any atom is 0.266 e. The summed E-state index contributed by atoms with van der Waals surface area (Å²) in [7, 11) is 0.0304. The van der Waals surface area contributed by atoms with E-state index in [1.165, 1.54) is 0 Å². The average Bonchev–Trinajstić information content (AvgIpc) is 2.30. The van der Waals surface area contributed by atoms with Gasteiger partial charge in [0.2, 0.25) is 10.0 Å². The zero-order valence-corrected chi connectivity index (χ0v) is 13.5. The third-order valence-electron chi connectivity index (χ3n) is 2.81. The number of aromatic nitrogens is 1. The molecular weight excluding hydrogens is 302 g/mol. The largest absolute Gasteiger partial charge is 0.326 e. The second-order valence-electron chi connectivity index (χ2n) is 5.25. The van der Waals surface area contributed by atoms with Gasteiger partial charge < -0.3 is 9.88 Å². The predicted molar refractivity (Wildman–Crippen MR) is 79.6 cm³/mol. The fourth-order valence-electron chi connectivity index (χ4n) is 1.64. The first-order chi connectivity index (χ1) is 9.13. The molecule has 0 aliphatic heterocycles. The van der Waals surface area contributed by atoms with Gasteiger partial charge in [-0.2, -0.15) is 0 Å². The Morgan fingerprint density at radius 3 is 2.45 bits per heavy atom. The number of hydrogen-bond acceptors (Lipinski definition) is 4. The number of likely N-dealkylation sites (N-methyl/N-ethyl adjacent to an activating group) is 1. The molecule has 8 heteroatoms. The summed E-state index contributed by atoms with van der Waals surface area (Å²) in [6.45, 7) is 4.46. The van der Waals surface area contributed by atoms with Crippen LogP contribution in [-0.2, 0) is 10.0 Å². The fourth-order valence-corrected chi connectivity index (χ4v) is 3.24. The van der Waals surface area contributed by atoms with Gasteiger partial charge in [0.15, 0.2) is 0 Å². The number of aromatic amines is 1. The van der Waals surface area contributed by atoms with Crippen LogP contribution in [0.2, 0.25) is 5.02 Å². The van der Waals surface area contributed by atoms with E-state index in [1.54, 1.807) is 0 Å². The Balaban J connectivity index is 3.03. The molecule has 0 amide bonds. The van der Waals surface area contributed by atoms with Gasteiger partial charge in [-0.05, 0) is 26.1 Å². The van der Waals surface area contributed by atoms with E-state index in [9.17, 15) is 13.2 Å². The van der Waals surface area contributed by atoms with E-state index in [0.29, 0.717) is 6.54 Å². The van der Waals surface area contributed by atoms with Gasteiger partial charge in [-0.3, -0.25) is 4.79 Å². The lowest BCUT2D eigenvalue weighted by molar-refractivity contribution is 0.314. The molecule has 0 spiro atoms. The minimum Gasteiger partial charge on any atom is -0.326 e. The molecule has 2 N–H and O–H groups in total. The van der Waals surface area contributed by atoms with Gasteiger partial charge in [-0.1, -0.05) is 25.4 Å². The summed E-state index contributed by atoms with van der Waals surface area (Å²) in [4.78, 5) is 15.3. The van der Waals surface area contributed by atoms with Gasteiger partial charge in [0, 0.05) is 18.8 Å². The summed E-state index contributed by atoms with van der Waals surface area (Å²) < 4.78 is 27.2. The van der Waals surface area contributed by atoms with Crippen molar-refractivity contribution >= 4 is 21.6 Å². The number of sulfonamides is 1. The highest BCUT2D eigenvalue weighted by atomic mass is 35.5. The van der Waals surface area contributed by atoms with Crippen molar-refractivity contribution in [1.29, 1.82) is 0 Å². The molecule has 0 radical (unpaired) electrons. The van der Waals surface area contributed by atoms with E-state index in [0.717, 1.165) is 12.3 Å². The van der Waals surface area contributed by atoms with E-state index in [2.05, 4.69) is 9.71 Å². The van der Waals surface area contributed by atoms with Gasteiger partial charge in [0.1, 0.15) is 5.02 Å². The predicted octanol–water partition coefficient (Wildman–Crippen LogP) is 0.893. The van der Waals surface area contributed by atoms with Crippen molar-refractivity contribution in [2.75, 3.05) is 20.6 Å². The van der Waals surface area contributed by atoms with Crippen LogP contribution >= 0.6 is 11.6 Å². The first kappa shape index (κ1) is 17.2. The summed E-state index contributed by atoms with van der Waals surface area (Å²) >= 11 is 5.66. The van der Waals surface area contributed by atoms with Gasteiger partial charge >= 0.3 is 0 Å². The van der Waals surface area contributed by atoms with Crippen molar-refractivity contribution < 1.29 is 8.42 Å². The normalized spacial score (nSPS) is 13.9. The maximum absolute atomic E-state index is 12.3. The molecule has 1 aromatic rings. The van der Waals surface area contributed by atoms with Crippen LogP contribution < -0.4 is 10.3 Å². The number of nitrogens with zero attached hydrogens (tertiary/aromatic N) is 1. The minimum absolute atomic E-state index is 0.0495. The first-order valence-electron chi connectivity index (χ1n) is 6.19. The monoisotopic (exact) mass is 321 g/mol. The van der Waals surface area contributed by atoms with Crippen LogP contribution in [0.15, 0.2) is 22.0 Å². The highest BCUT2D eigenvalue weighted by molar-refractivity contribution is 7.89. The van der Waals surface area contributed by atoms with Gasteiger partial charge in [0.05, 0.1) is 4.90 Å². The number of H-pyrrole nitrogens is 1. The molecule has 0 saturated heterocycles. The molecular formula is C12H20ClN3O3S. The third kappa shape index (κ3) is 4.59. The van der Waals surface area contributed by atoms with Crippen LogP contribution in [0.3, 0.4) is 0 Å². The minimum atomic E-state index is -3.72. The smallest absolute Gasteiger partial charge is 0.266 e. The lowest BCUT2D eigenvalue weighted by atomic mass is 10.1. The van der Waals surface area contributed by atoms with E-state index < -0.39 is 15.6 Å². The Bertz CT molecular complexity index is 611. The van der Waals surface area contributed by atoms with Gasteiger partial charge in [0.25, 0.3) is 5.56 Å². The molecule has 0 aromatic carbocycles. The highest BCUT2D eigenvalue weighted by Crippen LogP contribution is 2.13. The van der Waals surface area contributed by atoms with E-state index >= 15 is 0 Å². The molecule has 1 unspecified atom stereocenters. The second-order valence-corrected chi connectivity index (χ2v) is 7.37. The molecule has 1 atom stereocenters. The number of hydrogen-bond donors (Lipinski definition) is 2. The quantitative estimate of drug-likeness (QED) is 0.815. The van der Waals surface area contributed by atoms with Crippen LogP contribution in [0.1, 0.15) is 13.8 Å². The molecule has 0 aliphatic rings. The Morgan fingerprint density at radius 2 is 2.00 bits per heavy atom. The van der Waals surface area contributed by atoms with Crippen molar-refractivity contribution in [3.63, 3.8) is 0 Å². The van der Waals surface area contributed by atoms with Crippen molar-refractivity contribution in [2.45, 2.75) is 24.8 Å². The van der Waals surface area contributed by atoms with Gasteiger partial charge in [-0.15, -0.1) is 0 Å². The topological polar surface area (TPSA) is 82.3 Å². The Hall–Kier alpha value is -0.890. The zero-order chi connectivity index (χ0) is 15.5. The Labute approximate surface area is 124 Å². The fraction of sp³-hybridized carbons (Fsp3) is 0.583. The molecule has 1 rings (SSSR count). The van der Waals surface area contributed by atoms with Crippen LogP contribution in [0.5, 0.6) is 0 Å². The van der Waals surface area contributed by atoms with Crippen molar-refractivity contribution in [1.82, 2.24) is 14.6 Å². The summed E-state index contributed by atoms with van der Waals surface area (Å²) in [6.07, 6.45) is 1.14. The zero-order valence-electron chi connectivity index (χ0n) is 12.0. The van der Waals surface area contributed by atoms with E-state index in [-0.39, 0.29) is 21.9 Å². The number of pyridine rings is 1.